The van der Waals surface area contributed by atoms with Crippen molar-refractivity contribution in [2.75, 3.05) is 13.2 Å². The van der Waals surface area contributed by atoms with E-state index < -0.39 is 0 Å². The maximum absolute atomic E-state index is 5.88. The van der Waals surface area contributed by atoms with E-state index in [9.17, 15) is 0 Å². The van der Waals surface area contributed by atoms with Gasteiger partial charge in [0.25, 0.3) is 0 Å². The van der Waals surface area contributed by atoms with E-state index in [0.717, 1.165) is 37.9 Å². The molecule has 1 saturated carbocycles. The van der Waals surface area contributed by atoms with E-state index in [2.05, 4.69) is 38.1 Å². The number of allylic oxidation sites excluding steroid dienone is 2. The van der Waals surface area contributed by atoms with Gasteiger partial charge >= 0.3 is 58.2 Å². The zero-order valence-corrected chi connectivity index (χ0v) is 21.0. The van der Waals surface area contributed by atoms with Gasteiger partial charge in [0, 0.05) is 12.8 Å². The quantitative estimate of drug-likeness (QED) is 0.696. The molecule has 1 unspecified atom stereocenters. The zero-order chi connectivity index (χ0) is 16.6. The van der Waals surface area contributed by atoms with E-state index in [-0.39, 0.29) is 64.0 Å². The molecule has 130 valence electrons. The average molecular weight is 411 g/mol. The summed E-state index contributed by atoms with van der Waals surface area (Å²) in [6.07, 6.45) is 11.0. The van der Waals surface area contributed by atoms with Crippen LogP contribution in [0.25, 0.3) is 5.57 Å². The van der Waals surface area contributed by atoms with Gasteiger partial charge in [-0.25, -0.2) is 0 Å². The van der Waals surface area contributed by atoms with Crippen LogP contribution in [0, 0.1) is 31.7 Å². The van der Waals surface area contributed by atoms with Gasteiger partial charge in [0.05, 0.1) is 13.2 Å². The molecule has 1 saturated heterocycles. The monoisotopic (exact) mass is 410 g/mol. The third kappa shape index (κ3) is 4.41. The molecule has 1 atom stereocenters. The van der Waals surface area contributed by atoms with Crippen molar-refractivity contribution in [3.05, 3.63) is 41.0 Å². The van der Waals surface area contributed by atoms with E-state index in [0.29, 0.717) is 0 Å². The number of aryl methyl sites for hydroxylation is 1. The average Bonchev–Trinajstić information content (AvgIpc) is 3.06. The van der Waals surface area contributed by atoms with E-state index in [1.165, 1.54) is 48.8 Å². The van der Waals surface area contributed by atoms with Gasteiger partial charge < -0.3 is 9.47 Å². The third-order valence-electron chi connectivity index (χ3n) is 6.59. The molecule has 3 aliphatic rings. The Morgan fingerprint density at radius 2 is 1.76 bits per heavy atom. The molecule has 1 aromatic carbocycles. The van der Waals surface area contributed by atoms with Crippen molar-refractivity contribution in [1.82, 2.24) is 0 Å². The number of benzene rings is 1. The van der Waals surface area contributed by atoms with Crippen LogP contribution in [0.5, 0.6) is 0 Å². The number of hydrogen-bond donors (Lipinski definition) is 0. The Kier molecular flexibility index (Phi) is 7.18. The normalized spacial score (nSPS) is 26.3. The molecule has 0 N–H and O–H groups in total. The molecule has 2 aliphatic carbocycles. The predicted octanol–water partition coefficient (Wildman–Crippen LogP) is 2.22. The maximum Gasteiger partial charge on any atom is 1.00 e. The zero-order valence-electron chi connectivity index (χ0n) is 16.1. The molecule has 0 amide bonds. The molecule has 1 aliphatic heterocycles. The molecule has 0 bridgehead atoms. The first-order valence-electron chi connectivity index (χ1n) is 9.62. The summed E-state index contributed by atoms with van der Waals surface area (Å²) < 4.78 is 11.8. The van der Waals surface area contributed by atoms with Crippen molar-refractivity contribution in [2.45, 2.75) is 64.6 Å². The van der Waals surface area contributed by atoms with Crippen LogP contribution < -0.4 is 58.2 Å². The van der Waals surface area contributed by atoms with Crippen molar-refractivity contribution in [3.63, 3.8) is 0 Å². The Hall–Kier alpha value is 0.685. The topological polar surface area (TPSA) is 18.5 Å². The van der Waals surface area contributed by atoms with Crippen molar-refractivity contribution in [1.29, 1.82) is 0 Å². The molecule has 2 fully saturated rings. The summed E-state index contributed by atoms with van der Waals surface area (Å²) in [5, 5.41) is 0. The predicted molar refractivity (Wildman–Crippen MR) is 96.7 cm³/mol. The third-order valence-corrected chi connectivity index (χ3v) is 6.59. The van der Waals surface area contributed by atoms with Gasteiger partial charge in [-0.05, 0) is 43.9 Å². The van der Waals surface area contributed by atoms with Crippen LogP contribution in [-0.4, -0.2) is 19.0 Å². The first kappa shape index (κ1) is 20.4. The number of rotatable bonds is 2. The molecular formula is C22H29O2Rb. The summed E-state index contributed by atoms with van der Waals surface area (Å²) in [5.41, 5.74) is 5.68. The van der Waals surface area contributed by atoms with Crippen LogP contribution in [-0.2, 0) is 9.47 Å². The second-order valence-electron chi connectivity index (χ2n) is 7.85. The molecule has 0 aromatic heterocycles. The fourth-order valence-electron chi connectivity index (χ4n) is 4.90. The first-order chi connectivity index (χ1) is 11.7. The Labute approximate surface area is 201 Å². The minimum atomic E-state index is -0.207. The van der Waals surface area contributed by atoms with Crippen LogP contribution >= 0.6 is 0 Å². The van der Waals surface area contributed by atoms with Gasteiger partial charge in [-0.15, -0.1) is 11.1 Å². The summed E-state index contributed by atoms with van der Waals surface area (Å²) in [4.78, 5) is 0. The van der Waals surface area contributed by atoms with Crippen LogP contribution in [0.4, 0.5) is 0 Å². The Bertz CT molecular complexity index is 621. The number of ether oxygens (including phenoxy) is 2. The second-order valence-corrected chi connectivity index (χ2v) is 7.85. The Balaban J connectivity index is 0.00000182. The summed E-state index contributed by atoms with van der Waals surface area (Å²) >= 11 is 0. The van der Waals surface area contributed by atoms with E-state index in [1.807, 2.05) is 0 Å². The van der Waals surface area contributed by atoms with Crippen molar-refractivity contribution in [3.8, 4) is 0 Å². The molecule has 0 radical (unpaired) electrons. The van der Waals surface area contributed by atoms with E-state index in [1.54, 1.807) is 5.57 Å². The molecule has 1 aromatic rings. The van der Waals surface area contributed by atoms with Gasteiger partial charge in [0.1, 0.15) is 0 Å². The van der Waals surface area contributed by atoms with Gasteiger partial charge in [-0.3, -0.25) is 0 Å². The standard InChI is InChI=1S/C22H29O2.Rb/c1-16-4-3-5-21(17(16)2)20-8-6-18(7-9-20)19-10-12-22(13-11-19)23-14-15-24-22;/h3,5,8,18-19H,6-7,9-15H2,1-2H3;/q-1;+1. The van der Waals surface area contributed by atoms with E-state index in [4.69, 9.17) is 9.47 Å². The molecule has 1 spiro atoms. The molecular weight excluding hydrogens is 382 g/mol. The van der Waals surface area contributed by atoms with Crippen LogP contribution in [0.1, 0.15) is 61.6 Å². The van der Waals surface area contributed by atoms with Crippen molar-refractivity contribution >= 4 is 5.57 Å². The fraction of sp³-hybridized carbons (Fsp3) is 0.636. The van der Waals surface area contributed by atoms with Gasteiger partial charge in [-0.1, -0.05) is 25.5 Å². The molecule has 25 heavy (non-hydrogen) atoms. The van der Waals surface area contributed by atoms with Crippen molar-refractivity contribution < 1.29 is 67.7 Å². The first-order valence-corrected chi connectivity index (χ1v) is 9.62. The largest absolute Gasteiger partial charge is 1.00 e. The minimum absolute atomic E-state index is 0. The van der Waals surface area contributed by atoms with Gasteiger partial charge in [0.2, 0.25) is 0 Å². The van der Waals surface area contributed by atoms with Crippen molar-refractivity contribution in [2.24, 2.45) is 11.8 Å². The molecule has 3 heteroatoms. The van der Waals surface area contributed by atoms with Crippen LogP contribution in [0.2, 0.25) is 0 Å². The summed E-state index contributed by atoms with van der Waals surface area (Å²) in [5.74, 6) is 1.50. The Morgan fingerprint density at radius 1 is 1.04 bits per heavy atom. The summed E-state index contributed by atoms with van der Waals surface area (Å²) in [6, 6.07) is 7.63. The number of hydrogen-bond acceptors (Lipinski definition) is 2. The van der Waals surface area contributed by atoms with Gasteiger partial charge in [-0.2, -0.15) is 23.8 Å². The smallest absolute Gasteiger partial charge is 0.348 e. The fourth-order valence-corrected chi connectivity index (χ4v) is 4.90. The van der Waals surface area contributed by atoms with Crippen LogP contribution in [0.3, 0.4) is 0 Å². The van der Waals surface area contributed by atoms with E-state index >= 15 is 0 Å². The summed E-state index contributed by atoms with van der Waals surface area (Å²) in [7, 11) is 0. The molecule has 2 nitrogen and oxygen atoms in total. The maximum atomic E-state index is 5.88. The Morgan fingerprint density at radius 3 is 2.40 bits per heavy atom. The van der Waals surface area contributed by atoms with Crippen LogP contribution in [0.15, 0.2) is 18.2 Å². The minimum Gasteiger partial charge on any atom is -0.348 e. The molecule has 1 heterocycles. The summed E-state index contributed by atoms with van der Waals surface area (Å²) in [6.45, 7) is 5.97. The SMILES string of the molecule is Cc1[c-]ccc(C2=CCC(C3CCC4(CC3)OCCO4)CC2)c1C.[Rb+]. The van der Waals surface area contributed by atoms with Gasteiger partial charge in [0.15, 0.2) is 5.79 Å². The second kappa shape index (κ2) is 8.79. The molecule has 4 rings (SSSR count).